The van der Waals surface area contributed by atoms with E-state index in [1.807, 2.05) is 27.2 Å². The van der Waals surface area contributed by atoms with Crippen LogP contribution in [0.3, 0.4) is 0 Å². The van der Waals surface area contributed by atoms with Crippen LogP contribution >= 0.6 is 7.82 Å². The number of unbranched alkanes of at least 4 members (excludes halogenated alkanes) is 32. The molecule has 0 aliphatic carbocycles. The molecule has 0 aromatic heterocycles. The Morgan fingerprint density at radius 3 is 1.24 bits per heavy atom. The van der Waals surface area contributed by atoms with Crippen molar-refractivity contribution in [2.75, 3.05) is 40.9 Å². The Bertz CT molecular complexity index is 1500. The second-order valence-corrected chi connectivity index (χ2v) is 23.8. The van der Waals surface area contributed by atoms with Crippen LogP contribution in [0.2, 0.25) is 0 Å². The maximum absolute atomic E-state index is 13.0. The van der Waals surface area contributed by atoms with Gasteiger partial charge in [0.05, 0.1) is 39.9 Å². The summed E-state index contributed by atoms with van der Waals surface area (Å²) < 4.78 is 23.4. The van der Waals surface area contributed by atoms with Crippen molar-refractivity contribution < 1.29 is 32.9 Å². The van der Waals surface area contributed by atoms with E-state index in [2.05, 4.69) is 92.1 Å². The first-order chi connectivity index (χ1) is 36.5. The third kappa shape index (κ3) is 59.2. The molecule has 436 valence electrons. The number of hydrogen-bond donors (Lipinski definition) is 2. The van der Waals surface area contributed by atoms with Gasteiger partial charge in [0.25, 0.3) is 7.82 Å². The van der Waals surface area contributed by atoms with Crippen molar-refractivity contribution >= 4 is 13.7 Å². The molecule has 0 rings (SSSR count). The lowest BCUT2D eigenvalue weighted by atomic mass is 10.0. The Morgan fingerprint density at radius 1 is 0.480 bits per heavy atom. The summed E-state index contributed by atoms with van der Waals surface area (Å²) in [6, 6.07) is -0.914. The lowest BCUT2D eigenvalue weighted by molar-refractivity contribution is -0.870. The molecule has 0 spiro atoms. The Balaban J connectivity index is 4.16. The summed E-state index contributed by atoms with van der Waals surface area (Å²) in [6.45, 7) is 4.53. The maximum atomic E-state index is 13.0. The predicted octanol–water partition coefficient (Wildman–Crippen LogP) is 19.0. The van der Waals surface area contributed by atoms with E-state index < -0.39 is 26.6 Å². The Morgan fingerprint density at radius 2 is 0.827 bits per heavy atom. The lowest BCUT2D eigenvalue weighted by Crippen LogP contribution is -2.45. The number of carbonyl (C=O) groups is 1. The Hall–Kier alpha value is -2.32. The fraction of sp³-hybridized carbons (Fsp3) is 0.773. The van der Waals surface area contributed by atoms with Crippen molar-refractivity contribution in [3.8, 4) is 0 Å². The summed E-state index contributed by atoms with van der Waals surface area (Å²) in [6.07, 6.45) is 79.7. The van der Waals surface area contributed by atoms with Gasteiger partial charge in [-0.25, -0.2) is 0 Å². The van der Waals surface area contributed by atoms with Crippen LogP contribution in [0.25, 0.3) is 0 Å². The van der Waals surface area contributed by atoms with Gasteiger partial charge >= 0.3 is 0 Å². The summed E-state index contributed by atoms with van der Waals surface area (Å²) in [5.41, 5.74) is 0. The summed E-state index contributed by atoms with van der Waals surface area (Å²) >= 11 is 0. The number of allylic oxidation sites excluding steroid dienone is 13. The normalized spacial score (nSPS) is 14.4. The van der Waals surface area contributed by atoms with Crippen LogP contribution < -0.4 is 10.2 Å². The molecular formula is C66H121N2O6P. The van der Waals surface area contributed by atoms with Gasteiger partial charge in [-0.1, -0.05) is 272 Å². The highest BCUT2D eigenvalue weighted by molar-refractivity contribution is 7.45. The van der Waals surface area contributed by atoms with E-state index in [1.165, 1.54) is 186 Å². The average Bonchev–Trinajstić information content (AvgIpc) is 3.37. The number of aliphatic hydroxyl groups is 1. The molecule has 9 heteroatoms. The molecule has 0 heterocycles. The molecule has 0 fully saturated rings. The van der Waals surface area contributed by atoms with Crippen LogP contribution in [-0.2, 0) is 18.4 Å². The van der Waals surface area contributed by atoms with Crippen LogP contribution in [0.1, 0.15) is 277 Å². The first-order valence-electron chi connectivity index (χ1n) is 31.4. The van der Waals surface area contributed by atoms with Gasteiger partial charge in [0.1, 0.15) is 13.2 Å². The second kappa shape index (κ2) is 56.4. The third-order valence-corrected chi connectivity index (χ3v) is 14.8. The fourth-order valence-corrected chi connectivity index (χ4v) is 9.67. The Kier molecular flexibility index (Phi) is 54.7. The van der Waals surface area contributed by atoms with Crippen molar-refractivity contribution in [3.63, 3.8) is 0 Å². The Labute approximate surface area is 465 Å². The van der Waals surface area contributed by atoms with E-state index in [9.17, 15) is 19.4 Å². The zero-order chi connectivity index (χ0) is 54.9. The van der Waals surface area contributed by atoms with Crippen molar-refractivity contribution in [2.24, 2.45) is 0 Å². The minimum atomic E-state index is -4.61. The summed E-state index contributed by atoms with van der Waals surface area (Å²) in [7, 11) is 1.24. The van der Waals surface area contributed by atoms with E-state index in [1.54, 1.807) is 6.08 Å². The first-order valence-corrected chi connectivity index (χ1v) is 32.9. The number of hydrogen-bond acceptors (Lipinski definition) is 6. The van der Waals surface area contributed by atoms with Crippen LogP contribution in [0.15, 0.2) is 85.1 Å². The molecule has 0 aliphatic rings. The topological polar surface area (TPSA) is 108 Å². The standard InChI is InChI=1S/C66H121N2O6P/c1-6-8-10-12-14-16-18-20-22-24-26-28-30-31-32-33-34-35-36-37-38-40-42-44-46-48-50-52-54-56-58-60-66(70)67-64(63-74-75(71,72)73-62-61-68(3,4)5)65(69)59-57-55-53-51-49-47-45-43-41-39-29-27-25-23-21-19-17-15-13-11-9-7-2/h8,10,14,16,20,22,26,28,41,43,49,51,57,59,64-65,69H,6-7,9,11-13,15,17-19,21,23-25,27,29-40,42,44-48,50,52-56,58,60-63H2,1-5H3,(H-,67,70,71,72)/b10-8-,16-14-,22-20-,28-26-,43-41+,51-49+,59-57+. The molecule has 3 atom stereocenters. The molecule has 2 N–H and O–H groups in total. The second-order valence-electron chi connectivity index (χ2n) is 22.4. The summed E-state index contributed by atoms with van der Waals surface area (Å²) in [5.74, 6) is -0.210. The van der Waals surface area contributed by atoms with Crippen LogP contribution in [0.5, 0.6) is 0 Å². The van der Waals surface area contributed by atoms with Crippen LogP contribution in [-0.4, -0.2) is 68.5 Å². The zero-order valence-electron chi connectivity index (χ0n) is 49.7. The highest BCUT2D eigenvalue weighted by Gasteiger charge is 2.23. The van der Waals surface area contributed by atoms with Crippen molar-refractivity contribution in [1.82, 2.24) is 5.32 Å². The van der Waals surface area contributed by atoms with Gasteiger partial charge in [-0.15, -0.1) is 0 Å². The molecule has 0 radical (unpaired) electrons. The number of quaternary nitrogens is 1. The highest BCUT2D eigenvalue weighted by Crippen LogP contribution is 2.38. The number of phosphoric ester groups is 1. The number of nitrogens with one attached hydrogen (secondary N) is 1. The van der Waals surface area contributed by atoms with Crippen molar-refractivity contribution in [1.29, 1.82) is 0 Å². The number of rotatable bonds is 57. The van der Waals surface area contributed by atoms with Gasteiger partial charge in [0.2, 0.25) is 5.91 Å². The van der Waals surface area contributed by atoms with Gasteiger partial charge in [0.15, 0.2) is 0 Å². The number of amides is 1. The largest absolute Gasteiger partial charge is 0.756 e. The van der Waals surface area contributed by atoms with Gasteiger partial charge in [0, 0.05) is 6.42 Å². The number of likely N-dealkylation sites (N-methyl/N-ethyl adjacent to an activating group) is 1. The predicted molar refractivity (Wildman–Crippen MR) is 325 cm³/mol. The molecule has 0 aromatic carbocycles. The van der Waals surface area contributed by atoms with Crippen molar-refractivity contribution in [2.45, 2.75) is 289 Å². The molecule has 0 aromatic rings. The number of carbonyl (C=O) groups excluding carboxylic acids is 1. The maximum Gasteiger partial charge on any atom is 0.268 e. The van der Waals surface area contributed by atoms with Crippen LogP contribution in [0, 0.1) is 0 Å². The summed E-state index contributed by atoms with van der Waals surface area (Å²) in [4.78, 5) is 25.6. The number of nitrogens with zero attached hydrogens (tertiary/aromatic N) is 1. The van der Waals surface area contributed by atoms with Crippen molar-refractivity contribution in [3.05, 3.63) is 85.1 Å². The molecule has 0 bridgehead atoms. The molecule has 0 aliphatic heterocycles. The molecule has 0 saturated heterocycles. The lowest BCUT2D eigenvalue weighted by Gasteiger charge is -2.29. The molecule has 0 saturated carbocycles. The van der Waals surface area contributed by atoms with Gasteiger partial charge in [-0.3, -0.25) is 9.36 Å². The average molecular weight is 1070 g/mol. The van der Waals surface area contributed by atoms with E-state index in [0.717, 1.165) is 70.6 Å². The fourth-order valence-electron chi connectivity index (χ4n) is 8.94. The SMILES string of the molecule is CC/C=C\C/C=C\C/C=C\C/C=C\CCCCCCCCCCCCCCCCCCCCC(=O)NC(COP(=O)([O-])OCC[N+](C)(C)C)C(O)/C=C/CC/C=C/CC/C=C/CCCCCCCCCCCCCC. The van der Waals surface area contributed by atoms with Gasteiger partial charge in [-0.2, -0.15) is 0 Å². The highest BCUT2D eigenvalue weighted by atomic mass is 31.2. The minimum absolute atomic E-state index is 0.0108. The van der Waals surface area contributed by atoms with Gasteiger partial charge < -0.3 is 28.8 Å². The molecule has 8 nitrogen and oxygen atoms in total. The third-order valence-electron chi connectivity index (χ3n) is 13.8. The van der Waals surface area contributed by atoms with Crippen LogP contribution in [0.4, 0.5) is 0 Å². The molecule has 1 amide bonds. The van der Waals surface area contributed by atoms with Gasteiger partial charge in [-0.05, 0) is 83.5 Å². The monoisotopic (exact) mass is 1070 g/mol. The van der Waals surface area contributed by atoms with E-state index in [0.29, 0.717) is 17.4 Å². The quantitative estimate of drug-likeness (QED) is 0.0272. The number of phosphoric acid groups is 1. The molecule has 3 unspecified atom stereocenters. The zero-order valence-corrected chi connectivity index (χ0v) is 50.6. The first kappa shape index (κ1) is 72.7. The smallest absolute Gasteiger partial charge is 0.268 e. The van der Waals surface area contributed by atoms with E-state index >= 15 is 0 Å². The van der Waals surface area contributed by atoms with E-state index in [-0.39, 0.29) is 12.5 Å². The number of aliphatic hydroxyl groups excluding tert-OH is 1. The summed E-state index contributed by atoms with van der Waals surface area (Å²) in [5, 5.41) is 13.9. The molecule has 75 heavy (non-hydrogen) atoms. The van der Waals surface area contributed by atoms with E-state index in [4.69, 9.17) is 9.05 Å². The molecular weight excluding hydrogens is 948 g/mol. The minimum Gasteiger partial charge on any atom is -0.756 e.